The van der Waals surface area contributed by atoms with Crippen molar-refractivity contribution < 1.29 is 4.79 Å². The molecule has 0 bridgehead atoms. The smallest absolute Gasteiger partial charge is 0.230 e. The van der Waals surface area contributed by atoms with Gasteiger partial charge in [-0.1, -0.05) is 25.1 Å². The molecule has 1 aliphatic carbocycles. The van der Waals surface area contributed by atoms with Crippen molar-refractivity contribution in [1.82, 2.24) is 20.1 Å². The number of nitrogens with one attached hydrogen (secondary N) is 1. The molecule has 0 saturated heterocycles. The number of nitriles is 1. The molecule has 0 aliphatic heterocycles. The molecule has 26 heavy (non-hydrogen) atoms. The molecule has 2 heterocycles. The first-order valence-corrected chi connectivity index (χ1v) is 10.7. The van der Waals surface area contributed by atoms with E-state index in [1.807, 2.05) is 29.0 Å². The number of amides is 1. The molecule has 6 nitrogen and oxygen atoms in total. The van der Waals surface area contributed by atoms with Crippen LogP contribution in [-0.4, -0.2) is 33.0 Å². The highest BCUT2D eigenvalue weighted by molar-refractivity contribution is 7.99. The summed E-state index contributed by atoms with van der Waals surface area (Å²) in [5.41, 5.74) is 1.47. The van der Waals surface area contributed by atoms with Crippen LogP contribution in [0.5, 0.6) is 0 Å². The first kappa shape index (κ1) is 18.9. The largest absolute Gasteiger partial charge is 0.354 e. The summed E-state index contributed by atoms with van der Waals surface area (Å²) >= 11 is 3.19. The molecule has 0 saturated carbocycles. The Kier molecular flexibility index (Phi) is 6.33. The second-order valence-corrected chi connectivity index (χ2v) is 8.57. The van der Waals surface area contributed by atoms with Crippen LogP contribution in [0.4, 0.5) is 0 Å². The zero-order chi connectivity index (χ0) is 18.5. The molecule has 0 aromatic carbocycles. The van der Waals surface area contributed by atoms with E-state index < -0.39 is 0 Å². The van der Waals surface area contributed by atoms with E-state index in [0.717, 1.165) is 21.8 Å². The van der Waals surface area contributed by atoms with Crippen molar-refractivity contribution in [3.05, 3.63) is 16.5 Å². The van der Waals surface area contributed by atoms with E-state index in [1.165, 1.54) is 47.9 Å². The molecule has 2 aromatic heterocycles. The molecule has 3 rings (SSSR count). The van der Waals surface area contributed by atoms with Gasteiger partial charge in [0, 0.05) is 18.5 Å². The summed E-state index contributed by atoms with van der Waals surface area (Å²) in [6.07, 6.45) is 5.19. The Morgan fingerprint density at radius 3 is 3.15 bits per heavy atom. The van der Waals surface area contributed by atoms with Crippen LogP contribution >= 0.6 is 23.1 Å². The average Bonchev–Trinajstić information content (AvgIpc) is 3.22. The summed E-state index contributed by atoms with van der Waals surface area (Å²) in [4.78, 5) is 14.4. The van der Waals surface area contributed by atoms with Gasteiger partial charge in [0.25, 0.3) is 0 Å². The van der Waals surface area contributed by atoms with Gasteiger partial charge in [-0.25, -0.2) is 0 Å². The number of fused-ring (bicyclic) bond motifs is 1. The predicted octanol–water partition coefficient (Wildman–Crippen LogP) is 3.18. The number of carbonyl (C=O) groups is 1. The SMILES string of the molecule is CCC1CCc2sc(-c3nnc(SCC(=O)NCCC#N)n3C)cc2C1. The first-order valence-electron chi connectivity index (χ1n) is 8.90. The van der Waals surface area contributed by atoms with Gasteiger partial charge in [-0.2, -0.15) is 5.26 Å². The lowest BCUT2D eigenvalue weighted by Crippen LogP contribution is -2.26. The van der Waals surface area contributed by atoms with Gasteiger partial charge in [0.15, 0.2) is 11.0 Å². The number of hydrogen-bond donors (Lipinski definition) is 1. The molecular weight excluding hydrogens is 366 g/mol. The second kappa shape index (κ2) is 8.69. The lowest BCUT2D eigenvalue weighted by atomic mass is 9.87. The minimum atomic E-state index is -0.0907. The van der Waals surface area contributed by atoms with Crippen molar-refractivity contribution in [3.8, 4) is 16.8 Å². The van der Waals surface area contributed by atoms with Crippen LogP contribution in [0.15, 0.2) is 11.2 Å². The third-order valence-corrected chi connectivity index (χ3v) is 6.96. The normalized spacial score (nSPS) is 16.1. The van der Waals surface area contributed by atoms with Crippen molar-refractivity contribution in [1.29, 1.82) is 5.26 Å². The average molecular weight is 390 g/mol. The Hall–Kier alpha value is -1.85. The van der Waals surface area contributed by atoms with Crippen molar-refractivity contribution in [2.24, 2.45) is 13.0 Å². The van der Waals surface area contributed by atoms with E-state index in [0.29, 0.717) is 13.0 Å². The van der Waals surface area contributed by atoms with Gasteiger partial charge in [0.1, 0.15) is 0 Å². The van der Waals surface area contributed by atoms with Crippen LogP contribution in [-0.2, 0) is 24.7 Å². The Morgan fingerprint density at radius 2 is 2.38 bits per heavy atom. The molecule has 0 radical (unpaired) electrons. The van der Waals surface area contributed by atoms with Crippen LogP contribution in [0.25, 0.3) is 10.7 Å². The fourth-order valence-corrected chi connectivity index (χ4v) is 5.12. The van der Waals surface area contributed by atoms with E-state index in [9.17, 15) is 4.79 Å². The fourth-order valence-electron chi connectivity index (χ4n) is 3.15. The van der Waals surface area contributed by atoms with Gasteiger partial charge in [-0.05, 0) is 36.8 Å². The number of hydrogen-bond acceptors (Lipinski definition) is 6. The number of thiophene rings is 1. The molecule has 1 unspecified atom stereocenters. The molecule has 0 fully saturated rings. The highest BCUT2D eigenvalue weighted by Gasteiger charge is 2.22. The van der Waals surface area contributed by atoms with Gasteiger partial charge >= 0.3 is 0 Å². The highest BCUT2D eigenvalue weighted by Crippen LogP contribution is 2.37. The van der Waals surface area contributed by atoms with Crippen molar-refractivity contribution in [3.63, 3.8) is 0 Å². The third-order valence-electron chi connectivity index (χ3n) is 4.71. The summed E-state index contributed by atoms with van der Waals surface area (Å²) in [5.74, 6) is 1.85. The number of carbonyl (C=O) groups excluding carboxylic acids is 1. The minimum Gasteiger partial charge on any atom is -0.354 e. The molecule has 8 heteroatoms. The summed E-state index contributed by atoms with van der Waals surface area (Å²) in [6.45, 7) is 2.66. The molecular formula is C18H23N5OS2. The second-order valence-electron chi connectivity index (χ2n) is 6.49. The number of aryl methyl sites for hydroxylation is 1. The number of thioether (sulfide) groups is 1. The molecule has 1 aliphatic rings. The van der Waals surface area contributed by atoms with Gasteiger partial charge in [0.2, 0.25) is 5.91 Å². The first-order chi connectivity index (χ1) is 12.6. The lowest BCUT2D eigenvalue weighted by molar-refractivity contribution is -0.118. The molecule has 1 atom stereocenters. The number of nitrogens with zero attached hydrogens (tertiary/aromatic N) is 4. The molecule has 1 amide bonds. The number of aromatic nitrogens is 3. The van der Waals surface area contributed by atoms with Gasteiger partial charge in [-0.3, -0.25) is 4.79 Å². The standard InChI is InChI=1S/C18H23N5OS2/c1-3-12-5-6-14-13(9-12)10-15(26-14)17-21-22-18(23(17)2)25-11-16(24)20-8-4-7-19/h10,12H,3-6,8-9,11H2,1-2H3,(H,20,24). The summed E-state index contributed by atoms with van der Waals surface area (Å²) in [5, 5.41) is 20.5. The zero-order valence-electron chi connectivity index (χ0n) is 15.1. The van der Waals surface area contributed by atoms with Crippen molar-refractivity contribution in [2.75, 3.05) is 12.3 Å². The topological polar surface area (TPSA) is 83.6 Å². The number of rotatable bonds is 7. The van der Waals surface area contributed by atoms with E-state index >= 15 is 0 Å². The molecule has 1 N–H and O–H groups in total. The molecule has 2 aromatic rings. The van der Waals surface area contributed by atoms with Gasteiger partial charge < -0.3 is 9.88 Å². The third kappa shape index (κ3) is 4.27. The Labute approximate surface area is 162 Å². The van der Waals surface area contributed by atoms with Crippen LogP contribution < -0.4 is 5.32 Å². The summed E-state index contributed by atoms with van der Waals surface area (Å²) < 4.78 is 1.96. The Morgan fingerprint density at radius 1 is 1.54 bits per heavy atom. The van der Waals surface area contributed by atoms with Gasteiger partial charge in [-0.15, -0.1) is 21.5 Å². The highest BCUT2D eigenvalue weighted by atomic mass is 32.2. The zero-order valence-corrected chi connectivity index (χ0v) is 16.8. The minimum absolute atomic E-state index is 0.0907. The summed E-state index contributed by atoms with van der Waals surface area (Å²) in [7, 11) is 1.94. The van der Waals surface area contributed by atoms with E-state index in [1.54, 1.807) is 0 Å². The lowest BCUT2D eigenvalue weighted by Gasteiger charge is -2.19. The van der Waals surface area contributed by atoms with Crippen LogP contribution in [0.1, 0.15) is 36.6 Å². The monoisotopic (exact) mass is 389 g/mol. The van der Waals surface area contributed by atoms with Crippen molar-refractivity contribution >= 4 is 29.0 Å². The maximum absolute atomic E-state index is 11.8. The van der Waals surface area contributed by atoms with E-state index in [-0.39, 0.29) is 11.7 Å². The van der Waals surface area contributed by atoms with Gasteiger partial charge in [0.05, 0.1) is 23.1 Å². The quantitative estimate of drug-likeness (QED) is 0.581. The fraction of sp³-hybridized carbons (Fsp3) is 0.556. The molecule has 0 spiro atoms. The summed E-state index contributed by atoms with van der Waals surface area (Å²) in [6, 6.07) is 4.28. The maximum Gasteiger partial charge on any atom is 0.230 e. The predicted molar refractivity (Wildman–Crippen MR) is 104 cm³/mol. The molecule has 138 valence electrons. The van der Waals surface area contributed by atoms with Crippen molar-refractivity contribution in [2.45, 2.75) is 44.2 Å². The van der Waals surface area contributed by atoms with Crippen LogP contribution in [0.2, 0.25) is 0 Å². The van der Waals surface area contributed by atoms with E-state index in [2.05, 4.69) is 28.5 Å². The van der Waals surface area contributed by atoms with E-state index in [4.69, 9.17) is 5.26 Å². The Balaban J connectivity index is 1.65. The van der Waals surface area contributed by atoms with Crippen LogP contribution in [0, 0.1) is 17.2 Å². The van der Waals surface area contributed by atoms with Crippen LogP contribution in [0.3, 0.4) is 0 Å². The maximum atomic E-state index is 11.8. The Bertz CT molecular complexity index is 820.